The number of ether oxygens (including phenoxy) is 3. The number of nitrogens with two attached hydrogens (primary N) is 1. The van der Waals surface area contributed by atoms with Crippen molar-refractivity contribution in [3.63, 3.8) is 0 Å². The molecular formula is C16H26N5O7P. The highest BCUT2D eigenvalue weighted by Gasteiger charge is 2.27. The fraction of sp³-hybridized carbons (Fsp3) is 0.625. The molecule has 0 unspecified atom stereocenters. The van der Waals surface area contributed by atoms with E-state index in [0.29, 0.717) is 17.7 Å². The van der Waals surface area contributed by atoms with E-state index < -0.39 is 20.5 Å². The van der Waals surface area contributed by atoms with Crippen LogP contribution in [0.15, 0.2) is 12.7 Å². The Labute approximate surface area is 168 Å². The molecule has 13 heteroatoms. The van der Waals surface area contributed by atoms with Gasteiger partial charge in [-0.2, -0.15) is 0 Å². The molecule has 29 heavy (non-hydrogen) atoms. The molecule has 0 aliphatic heterocycles. The van der Waals surface area contributed by atoms with Gasteiger partial charge in [0, 0.05) is 0 Å². The van der Waals surface area contributed by atoms with Gasteiger partial charge in [0.1, 0.15) is 18.2 Å². The molecule has 0 aliphatic rings. The van der Waals surface area contributed by atoms with Gasteiger partial charge < -0.3 is 29.0 Å². The Hall–Kier alpha value is -2.27. The van der Waals surface area contributed by atoms with Gasteiger partial charge in [0.25, 0.3) is 0 Å². The van der Waals surface area contributed by atoms with Crippen LogP contribution < -0.4 is 5.73 Å². The summed E-state index contributed by atoms with van der Waals surface area (Å²) in [5.41, 5.74) is 6.83. The van der Waals surface area contributed by atoms with Gasteiger partial charge in [-0.3, -0.25) is 9.09 Å². The average Bonchev–Trinajstić information content (AvgIpc) is 3.04. The summed E-state index contributed by atoms with van der Waals surface area (Å²) >= 11 is 0. The second-order valence-corrected chi connectivity index (χ2v) is 8.27. The lowest BCUT2D eigenvalue weighted by molar-refractivity contribution is -0.0177. The Bertz CT molecular complexity index is 859. The van der Waals surface area contributed by atoms with Crippen molar-refractivity contribution in [3.8, 4) is 0 Å². The van der Waals surface area contributed by atoms with E-state index >= 15 is 0 Å². The molecule has 0 radical (unpaired) electrons. The van der Waals surface area contributed by atoms with Crippen molar-refractivity contribution in [2.45, 2.75) is 46.4 Å². The summed E-state index contributed by atoms with van der Waals surface area (Å²) in [4.78, 5) is 23.6. The summed E-state index contributed by atoms with van der Waals surface area (Å²) in [6.07, 6.45) is 0.947. The van der Waals surface area contributed by atoms with Crippen LogP contribution in [0.4, 0.5) is 10.6 Å². The summed E-state index contributed by atoms with van der Waals surface area (Å²) in [6, 6.07) is 0. The van der Waals surface area contributed by atoms with E-state index in [2.05, 4.69) is 15.0 Å². The van der Waals surface area contributed by atoms with E-state index in [4.69, 9.17) is 29.0 Å². The lowest BCUT2D eigenvalue weighted by Crippen LogP contribution is -2.19. The summed E-state index contributed by atoms with van der Waals surface area (Å²) in [5, 5.41) is 0. The van der Waals surface area contributed by atoms with Crippen LogP contribution in [0.3, 0.4) is 0 Å². The molecule has 0 bridgehead atoms. The molecule has 0 aromatic carbocycles. The van der Waals surface area contributed by atoms with Crippen molar-refractivity contribution in [1.29, 1.82) is 0 Å². The van der Waals surface area contributed by atoms with Gasteiger partial charge in [0.05, 0.1) is 31.7 Å². The van der Waals surface area contributed by atoms with Crippen LogP contribution in [0.5, 0.6) is 0 Å². The Morgan fingerprint density at radius 2 is 2.00 bits per heavy atom. The van der Waals surface area contributed by atoms with E-state index in [-0.39, 0.29) is 31.0 Å². The predicted octanol–water partition coefficient (Wildman–Crippen LogP) is 2.54. The molecule has 2 heterocycles. The summed E-state index contributed by atoms with van der Waals surface area (Å²) in [7, 11) is -3.64. The monoisotopic (exact) mass is 431 g/mol. The van der Waals surface area contributed by atoms with E-state index in [1.165, 1.54) is 6.33 Å². The number of anilines is 1. The Kier molecular flexibility index (Phi) is 8.32. The zero-order chi connectivity index (χ0) is 21.4. The third kappa shape index (κ3) is 6.93. The van der Waals surface area contributed by atoms with Gasteiger partial charge in [-0.15, -0.1) is 0 Å². The predicted molar refractivity (Wildman–Crippen MR) is 103 cm³/mol. The molecule has 2 aromatic rings. The van der Waals surface area contributed by atoms with E-state index in [9.17, 15) is 9.36 Å². The molecule has 2 atom stereocenters. The number of imidazole rings is 1. The summed E-state index contributed by atoms with van der Waals surface area (Å²) < 4.78 is 39.9. The van der Waals surface area contributed by atoms with Gasteiger partial charge in [-0.1, -0.05) is 0 Å². The maximum atomic E-state index is 12.7. The Morgan fingerprint density at radius 3 is 2.69 bits per heavy atom. The Balaban J connectivity index is 1.88. The third-order valence-electron chi connectivity index (χ3n) is 3.48. The first-order valence-corrected chi connectivity index (χ1v) is 10.7. The topological polar surface area (TPSA) is 150 Å². The zero-order valence-electron chi connectivity index (χ0n) is 16.8. The Morgan fingerprint density at radius 1 is 1.24 bits per heavy atom. The molecular weight excluding hydrogens is 405 g/mol. The minimum absolute atomic E-state index is 0.133. The fourth-order valence-electron chi connectivity index (χ4n) is 2.27. The number of aromatic nitrogens is 4. The number of carbonyl (C=O) groups excluding carboxylic acids is 1. The molecule has 0 aliphatic carbocycles. The first kappa shape index (κ1) is 23.0. The molecule has 0 spiro atoms. The first-order chi connectivity index (χ1) is 13.7. The number of nitrogens with zero attached hydrogens (tertiary/aromatic N) is 4. The number of nitrogen functional groups attached to an aromatic ring is 1. The van der Waals surface area contributed by atoms with Gasteiger partial charge >= 0.3 is 13.8 Å². The van der Waals surface area contributed by atoms with Crippen molar-refractivity contribution in [1.82, 2.24) is 19.5 Å². The maximum absolute atomic E-state index is 12.7. The number of fused-ring (bicyclic) bond motifs is 1. The quantitative estimate of drug-likeness (QED) is 0.317. The maximum Gasteiger partial charge on any atom is 0.510 e. The lowest BCUT2D eigenvalue weighted by atomic mass is 10.4. The highest BCUT2D eigenvalue weighted by Crippen LogP contribution is 2.48. The van der Waals surface area contributed by atoms with Crippen LogP contribution >= 0.6 is 7.60 Å². The van der Waals surface area contributed by atoms with Crippen molar-refractivity contribution >= 4 is 30.7 Å². The zero-order valence-corrected chi connectivity index (χ0v) is 17.7. The highest BCUT2D eigenvalue weighted by atomic mass is 31.2. The largest absolute Gasteiger partial charge is 0.510 e. The molecule has 0 saturated heterocycles. The van der Waals surface area contributed by atoms with Gasteiger partial charge in [0.15, 0.2) is 11.5 Å². The summed E-state index contributed by atoms with van der Waals surface area (Å²) in [6.45, 7) is 6.71. The molecule has 2 N–H and O–H groups in total. The fourth-order valence-corrected chi connectivity index (χ4v) is 3.54. The van der Waals surface area contributed by atoms with Crippen LogP contribution in [0, 0.1) is 0 Å². The summed E-state index contributed by atoms with van der Waals surface area (Å²) in [5.74, 6) is 0.285. The molecule has 2 aromatic heterocycles. The lowest BCUT2D eigenvalue weighted by Gasteiger charge is -2.20. The normalized spacial score (nSPS) is 14.7. The SMILES string of the molecule is CCO[P@](=O)(CO[C@H](C)Cn1cnc2c(N)ncnc21)OCOC(=O)OC(C)C. The van der Waals surface area contributed by atoms with Crippen molar-refractivity contribution in [3.05, 3.63) is 12.7 Å². The van der Waals surface area contributed by atoms with Crippen LogP contribution in [0.25, 0.3) is 11.2 Å². The van der Waals surface area contributed by atoms with Crippen LogP contribution in [-0.2, 0) is 34.4 Å². The van der Waals surface area contributed by atoms with Crippen molar-refractivity contribution < 1.29 is 32.6 Å². The minimum Gasteiger partial charge on any atom is -0.432 e. The number of carbonyl (C=O) groups is 1. The second-order valence-electron chi connectivity index (χ2n) is 6.27. The minimum atomic E-state index is -3.64. The molecule has 162 valence electrons. The number of hydrogen-bond acceptors (Lipinski definition) is 11. The van der Waals surface area contributed by atoms with E-state index in [0.717, 1.165) is 0 Å². The van der Waals surface area contributed by atoms with Crippen LogP contribution in [0.2, 0.25) is 0 Å². The average molecular weight is 431 g/mol. The second kappa shape index (κ2) is 10.5. The van der Waals surface area contributed by atoms with Gasteiger partial charge in [-0.05, 0) is 27.7 Å². The van der Waals surface area contributed by atoms with Crippen molar-refractivity contribution in [2.75, 3.05) is 25.5 Å². The smallest absolute Gasteiger partial charge is 0.432 e. The van der Waals surface area contributed by atoms with Gasteiger partial charge in [0.2, 0.25) is 6.79 Å². The molecule has 0 fully saturated rings. The van der Waals surface area contributed by atoms with E-state index in [1.54, 1.807) is 38.6 Å². The molecule has 0 saturated carbocycles. The third-order valence-corrected chi connectivity index (χ3v) is 5.10. The van der Waals surface area contributed by atoms with Crippen LogP contribution in [-0.4, -0.2) is 57.6 Å². The highest BCUT2D eigenvalue weighted by molar-refractivity contribution is 7.53. The number of hydrogen-bond donors (Lipinski definition) is 1. The number of rotatable bonds is 11. The standard InChI is InChI=1S/C16H26N5O7P/c1-5-26-29(23,27-9-24-16(22)28-11(2)3)10-25-12(4)6-21-8-20-13-14(17)18-7-19-15(13)21/h7-8,11-12H,5-6,9-10H2,1-4H3,(H2,17,18,19)/t12-,29-/m1/s1. The van der Waals surface area contributed by atoms with E-state index in [1.807, 2.05) is 0 Å². The van der Waals surface area contributed by atoms with Gasteiger partial charge in [-0.25, -0.2) is 19.7 Å². The first-order valence-electron chi connectivity index (χ1n) is 8.98. The molecule has 0 amide bonds. The van der Waals surface area contributed by atoms with Crippen LogP contribution in [0.1, 0.15) is 27.7 Å². The van der Waals surface area contributed by atoms with Crippen molar-refractivity contribution in [2.24, 2.45) is 0 Å². The molecule has 12 nitrogen and oxygen atoms in total. The molecule has 2 rings (SSSR count).